The summed E-state index contributed by atoms with van der Waals surface area (Å²) in [5.41, 5.74) is 6.04. The number of nitrogens with two attached hydrogens (primary N) is 1. The van der Waals surface area contributed by atoms with Crippen LogP contribution in [0.25, 0.3) is 0 Å². The number of urea groups is 1. The fraction of sp³-hybridized carbons (Fsp3) is 0.100. The average Bonchev–Trinajstić information content (AvgIpc) is 2.58. The first-order valence-corrected chi connectivity index (χ1v) is 4.59. The molecule has 1 heterocycles. The van der Waals surface area contributed by atoms with E-state index in [4.69, 9.17) is 5.73 Å². The highest BCUT2D eigenvalue weighted by molar-refractivity contribution is 6.04. The first-order valence-electron chi connectivity index (χ1n) is 4.59. The summed E-state index contributed by atoms with van der Waals surface area (Å²) in [6.07, 6.45) is 0. The molecule has 0 aliphatic carbocycles. The van der Waals surface area contributed by atoms with Crippen molar-refractivity contribution in [3.8, 4) is 0 Å². The molecule has 1 fully saturated rings. The SMILES string of the molecule is NC(=O)c1ccc([C@@H]2NC(=O)NC2=O)cc1. The summed E-state index contributed by atoms with van der Waals surface area (Å²) >= 11 is 0. The number of benzene rings is 1. The Morgan fingerprint density at radius 2 is 1.81 bits per heavy atom. The molecule has 4 amide bonds. The maximum atomic E-state index is 11.3. The molecule has 0 aromatic heterocycles. The Kier molecular flexibility index (Phi) is 2.32. The Morgan fingerprint density at radius 1 is 1.19 bits per heavy atom. The summed E-state index contributed by atoms with van der Waals surface area (Å²) in [4.78, 5) is 33.0. The van der Waals surface area contributed by atoms with E-state index in [1.54, 1.807) is 12.1 Å². The molecule has 1 aliphatic rings. The topological polar surface area (TPSA) is 101 Å². The molecule has 1 aliphatic heterocycles. The molecule has 82 valence electrons. The zero-order valence-corrected chi connectivity index (χ0v) is 8.19. The van der Waals surface area contributed by atoms with Gasteiger partial charge in [-0.1, -0.05) is 12.1 Å². The van der Waals surface area contributed by atoms with Crippen LogP contribution < -0.4 is 16.4 Å². The molecule has 0 unspecified atom stereocenters. The Morgan fingerprint density at radius 3 is 2.25 bits per heavy atom. The molecular formula is C10H9N3O3. The van der Waals surface area contributed by atoms with Crippen molar-refractivity contribution in [2.45, 2.75) is 6.04 Å². The summed E-state index contributed by atoms with van der Waals surface area (Å²) < 4.78 is 0. The molecule has 0 radical (unpaired) electrons. The number of hydrogen-bond acceptors (Lipinski definition) is 3. The maximum absolute atomic E-state index is 11.3. The minimum Gasteiger partial charge on any atom is -0.366 e. The number of carbonyl (C=O) groups is 3. The van der Waals surface area contributed by atoms with E-state index in [2.05, 4.69) is 10.6 Å². The van der Waals surface area contributed by atoms with Gasteiger partial charge in [0.15, 0.2) is 0 Å². The predicted octanol–water partition coefficient (Wildman–Crippen LogP) is -0.334. The summed E-state index contributed by atoms with van der Waals surface area (Å²) in [5, 5.41) is 4.57. The van der Waals surface area contributed by atoms with Gasteiger partial charge in [0.1, 0.15) is 6.04 Å². The lowest BCUT2D eigenvalue weighted by Crippen LogP contribution is -2.22. The smallest absolute Gasteiger partial charge is 0.322 e. The molecule has 0 bridgehead atoms. The number of imide groups is 1. The van der Waals surface area contributed by atoms with Gasteiger partial charge < -0.3 is 11.1 Å². The van der Waals surface area contributed by atoms with Crippen molar-refractivity contribution in [2.75, 3.05) is 0 Å². The molecule has 0 spiro atoms. The molecule has 1 aromatic rings. The van der Waals surface area contributed by atoms with Crippen molar-refractivity contribution in [2.24, 2.45) is 5.73 Å². The van der Waals surface area contributed by atoms with E-state index in [1.807, 2.05) is 0 Å². The third-order valence-corrected chi connectivity index (χ3v) is 2.30. The molecule has 6 nitrogen and oxygen atoms in total. The second-order valence-corrected chi connectivity index (χ2v) is 3.38. The van der Waals surface area contributed by atoms with E-state index >= 15 is 0 Å². The second kappa shape index (κ2) is 3.65. The van der Waals surface area contributed by atoms with E-state index < -0.39 is 23.9 Å². The number of hydrogen-bond donors (Lipinski definition) is 3. The normalized spacial score (nSPS) is 19.1. The highest BCUT2D eigenvalue weighted by Gasteiger charge is 2.30. The van der Waals surface area contributed by atoms with Crippen LogP contribution in [0.1, 0.15) is 22.0 Å². The first kappa shape index (κ1) is 10.2. The van der Waals surface area contributed by atoms with Crippen LogP contribution in [0.5, 0.6) is 0 Å². The van der Waals surface area contributed by atoms with Crippen LogP contribution in [0.2, 0.25) is 0 Å². The van der Waals surface area contributed by atoms with Crippen LogP contribution in [0, 0.1) is 0 Å². The predicted molar refractivity (Wildman–Crippen MR) is 54.4 cm³/mol. The van der Waals surface area contributed by atoms with Gasteiger partial charge in [0.25, 0.3) is 5.91 Å². The summed E-state index contributed by atoms with van der Waals surface area (Å²) in [6, 6.07) is 4.96. The van der Waals surface area contributed by atoms with Crippen LogP contribution in [-0.4, -0.2) is 17.8 Å². The Bertz CT molecular complexity index is 467. The highest BCUT2D eigenvalue weighted by atomic mass is 16.2. The molecule has 0 saturated carbocycles. The standard InChI is InChI=1S/C10H9N3O3/c11-8(14)6-3-1-5(2-4-6)7-9(15)13-10(16)12-7/h1-4,7H,(H2,11,14)(H2,12,13,15,16)/t7-/m0/s1. The molecule has 16 heavy (non-hydrogen) atoms. The largest absolute Gasteiger partial charge is 0.366 e. The number of nitrogens with one attached hydrogen (secondary N) is 2. The van der Waals surface area contributed by atoms with Gasteiger partial charge in [0, 0.05) is 5.56 Å². The fourth-order valence-electron chi connectivity index (χ4n) is 1.49. The van der Waals surface area contributed by atoms with Crippen molar-refractivity contribution in [1.82, 2.24) is 10.6 Å². The van der Waals surface area contributed by atoms with Gasteiger partial charge in [-0.3, -0.25) is 14.9 Å². The molecule has 1 saturated heterocycles. The lowest BCUT2D eigenvalue weighted by atomic mass is 10.0. The number of amides is 4. The van der Waals surface area contributed by atoms with Crippen molar-refractivity contribution >= 4 is 17.8 Å². The van der Waals surface area contributed by atoms with Crippen LogP contribution in [0.3, 0.4) is 0 Å². The van der Waals surface area contributed by atoms with E-state index in [1.165, 1.54) is 12.1 Å². The van der Waals surface area contributed by atoms with Crippen molar-refractivity contribution < 1.29 is 14.4 Å². The van der Waals surface area contributed by atoms with Crippen molar-refractivity contribution in [3.63, 3.8) is 0 Å². The number of rotatable bonds is 2. The van der Waals surface area contributed by atoms with Crippen molar-refractivity contribution in [3.05, 3.63) is 35.4 Å². The summed E-state index contributed by atoms with van der Waals surface area (Å²) in [5.74, 6) is -0.941. The van der Waals surface area contributed by atoms with Gasteiger partial charge in [0.2, 0.25) is 5.91 Å². The minimum absolute atomic E-state index is 0.355. The third kappa shape index (κ3) is 1.72. The average molecular weight is 219 g/mol. The van der Waals surface area contributed by atoms with Crippen LogP contribution in [0.15, 0.2) is 24.3 Å². The van der Waals surface area contributed by atoms with Gasteiger partial charge in [-0.05, 0) is 17.7 Å². The van der Waals surface area contributed by atoms with E-state index in [-0.39, 0.29) is 0 Å². The zero-order chi connectivity index (χ0) is 11.7. The van der Waals surface area contributed by atoms with Gasteiger partial charge in [0.05, 0.1) is 0 Å². The number of primary amides is 1. The molecule has 1 aromatic carbocycles. The van der Waals surface area contributed by atoms with Crippen LogP contribution in [-0.2, 0) is 4.79 Å². The van der Waals surface area contributed by atoms with Gasteiger partial charge in [-0.15, -0.1) is 0 Å². The quantitative estimate of drug-likeness (QED) is 0.593. The monoisotopic (exact) mass is 219 g/mol. The van der Waals surface area contributed by atoms with E-state index in [0.29, 0.717) is 11.1 Å². The maximum Gasteiger partial charge on any atom is 0.322 e. The lowest BCUT2D eigenvalue weighted by Gasteiger charge is -2.07. The Hall–Kier alpha value is -2.37. The van der Waals surface area contributed by atoms with Crippen LogP contribution >= 0.6 is 0 Å². The zero-order valence-electron chi connectivity index (χ0n) is 8.19. The molecule has 4 N–H and O–H groups in total. The Labute approximate surface area is 90.8 Å². The number of carbonyl (C=O) groups excluding carboxylic acids is 3. The first-order chi connectivity index (χ1) is 7.58. The molecule has 1 atom stereocenters. The molecule has 6 heteroatoms. The summed E-state index contributed by atoms with van der Waals surface area (Å²) in [6.45, 7) is 0. The fourth-order valence-corrected chi connectivity index (χ4v) is 1.49. The second-order valence-electron chi connectivity index (χ2n) is 3.38. The third-order valence-electron chi connectivity index (χ3n) is 2.30. The van der Waals surface area contributed by atoms with Crippen LogP contribution in [0.4, 0.5) is 4.79 Å². The lowest BCUT2D eigenvalue weighted by molar-refractivity contribution is -0.120. The van der Waals surface area contributed by atoms with Crippen molar-refractivity contribution in [1.29, 1.82) is 0 Å². The molecular weight excluding hydrogens is 210 g/mol. The van der Waals surface area contributed by atoms with E-state index in [9.17, 15) is 14.4 Å². The van der Waals surface area contributed by atoms with Gasteiger partial charge >= 0.3 is 6.03 Å². The minimum atomic E-state index is -0.700. The Balaban J connectivity index is 2.25. The molecule has 2 rings (SSSR count). The van der Waals surface area contributed by atoms with E-state index in [0.717, 1.165) is 0 Å². The van der Waals surface area contributed by atoms with Gasteiger partial charge in [-0.25, -0.2) is 4.79 Å². The highest BCUT2D eigenvalue weighted by Crippen LogP contribution is 2.16. The van der Waals surface area contributed by atoms with Gasteiger partial charge in [-0.2, -0.15) is 0 Å². The summed E-state index contributed by atoms with van der Waals surface area (Å²) in [7, 11) is 0.